The van der Waals surface area contributed by atoms with Crippen LogP contribution in [-0.2, 0) is 4.79 Å². The SMILES string of the molecule is CC(C)(C)C(=O)Nc1cnc(C(O)CCl)cn1. The van der Waals surface area contributed by atoms with Gasteiger partial charge in [0.1, 0.15) is 6.10 Å². The second-order valence-electron chi connectivity index (χ2n) is 4.70. The molecular formula is C11H16ClN3O2. The number of nitrogens with one attached hydrogen (secondary N) is 1. The number of carbonyl (C=O) groups is 1. The summed E-state index contributed by atoms with van der Waals surface area (Å²) in [5.74, 6) is 0.274. The maximum absolute atomic E-state index is 11.7. The van der Waals surface area contributed by atoms with Crippen LogP contribution >= 0.6 is 11.6 Å². The number of aromatic nitrogens is 2. The second-order valence-corrected chi connectivity index (χ2v) is 5.01. The third kappa shape index (κ3) is 3.94. The number of aliphatic hydroxyl groups excluding tert-OH is 1. The van der Waals surface area contributed by atoms with Crippen molar-refractivity contribution in [2.24, 2.45) is 5.41 Å². The molecule has 2 N–H and O–H groups in total. The minimum atomic E-state index is -0.837. The standard InChI is InChI=1S/C11H16ClN3O2/c1-11(2,3)10(17)15-9-6-13-7(5-14-9)8(16)4-12/h5-6,8,16H,4H2,1-3H3,(H,14,15,17). The van der Waals surface area contributed by atoms with Gasteiger partial charge in [0, 0.05) is 5.41 Å². The van der Waals surface area contributed by atoms with Gasteiger partial charge in [-0.3, -0.25) is 9.78 Å². The van der Waals surface area contributed by atoms with E-state index in [1.165, 1.54) is 12.4 Å². The molecule has 0 aliphatic heterocycles. The van der Waals surface area contributed by atoms with Gasteiger partial charge in [0.15, 0.2) is 5.82 Å². The lowest BCUT2D eigenvalue weighted by atomic mass is 9.96. The van der Waals surface area contributed by atoms with Gasteiger partial charge in [-0.05, 0) is 0 Å². The minimum Gasteiger partial charge on any atom is -0.385 e. The Morgan fingerprint density at radius 2 is 2.12 bits per heavy atom. The van der Waals surface area contributed by atoms with Gasteiger partial charge in [0.05, 0.1) is 24.0 Å². The van der Waals surface area contributed by atoms with Crippen LogP contribution in [0.15, 0.2) is 12.4 Å². The number of amides is 1. The molecule has 94 valence electrons. The Balaban J connectivity index is 2.72. The normalized spacial score (nSPS) is 13.2. The van der Waals surface area contributed by atoms with E-state index in [0.29, 0.717) is 11.5 Å². The van der Waals surface area contributed by atoms with Crippen LogP contribution < -0.4 is 5.32 Å². The third-order valence-electron chi connectivity index (χ3n) is 2.08. The summed E-state index contributed by atoms with van der Waals surface area (Å²) in [4.78, 5) is 19.6. The number of anilines is 1. The first-order valence-corrected chi connectivity index (χ1v) is 5.75. The van der Waals surface area contributed by atoms with Gasteiger partial charge in [-0.15, -0.1) is 11.6 Å². The average molecular weight is 258 g/mol. The van der Waals surface area contributed by atoms with Gasteiger partial charge < -0.3 is 10.4 Å². The van der Waals surface area contributed by atoms with Crippen LogP contribution in [0.4, 0.5) is 5.82 Å². The monoisotopic (exact) mass is 257 g/mol. The molecule has 5 nitrogen and oxygen atoms in total. The molecule has 1 amide bonds. The Morgan fingerprint density at radius 1 is 1.47 bits per heavy atom. The van der Waals surface area contributed by atoms with E-state index >= 15 is 0 Å². The lowest BCUT2D eigenvalue weighted by molar-refractivity contribution is -0.123. The molecular weight excluding hydrogens is 242 g/mol. The number of carbonyl (C=O) groups excluding carboxylic acids is 1. The van der Waals surface area contributed by atoms with Crippen molar-refractivity contribution in [1.29, 1.82) is 0 Å². The van der Waals surface area contributed by atoms with E-state index in [0.717, 1.165) is 0 Å². The van der Waals surface area contributed by atoms with Crippen molar-refractivity contribution in [3.63, 3.8) is 0 Å². The van der Waals surface area contributed by atoms with Crippen LogP contribution in [0.1, 0.15) is 32.6 Å². The number of hydrogen-bond acceptors (Lipinski definition) is 4. The smallest absolute Gasteiger partial charge is 0.230 e. The zero-order valence-electron chi connectivity index (χ0n) is 10.1. The highest BCUT2D eigenvalue weighted by molar-refractivity contribution is 6.18. The fraction of sp³-hybridized carbons (Fsp3) is 0.545. The number of aliphatic hydroxyl groups is 1. The highest BCUT2D eigenvalue weighted by Crippen LogP contribution is 2.16. The van der Waals surface area contributed by atoms with Crippen LogP contribution in [0.25, 0.3) is 0 Å². The van der Waals surface area contributed by atoms with Crippen molar-refractivity contribution in [3.8, 4) is 0 Å². The summed E-state index contributed by atoms with van der Waals surface area (Å²) in [6.45, 7) is 5.42. The number of hydrogen-bond donors (Lipinski definition) is 2. The number of rotatable bonds is 3. The highest BCUT2D eigenvalue weighted by Gasteiger charge is 2.21. The molecule has 1 aromatic heterocycles. The van der Waals surface area contributed by atoms with E-state index in [4.69, 9.17) is 11.6 Å². The Bertz CT molecular complexity index is 387. The molecule has 0 aromatic carbocycles. The summed E-state index contributed by atoms with van der Waals surface area (Å²) in [7, 11) is 0. The second kappa shape index (κ2) is 5.42. The lowest BCUT2D eigenvalue weighted by Gasteiger charge is -2.17. The average Bonchev–Trinajstić information content (AvgIpc) is 2.27. The van der Waals surface area contributed by atoms with Crippen LogP contribution in [-0.4, -0.2) is 26.9 Å². The molecule has 0 saturated carbocycles. The molecule has 0 spiro atoms. The van der Waals surface area contributed by atoms with Crippen LogP contribution in [0.5, 0.6) is 0 Å². The van der Waals surface area contributed by atoms with Crippen molar-refractivity contribution in [2.45, 2.75) is 26.9 Å². The molecule has 1 unspecified atom stereocenters. The number of alkyl halides is 1. The molecule has 1 aromatic rings. The zero-order valence-corrected chi connectivity index (χ0v) is 10.8. The molecule has 6 heteroatoms. The van der Waals surface area contributed by atoms with Crippen molar-refractivity contribution in [3.05, 3.63) is 18.1 Å². The molecule has 1 rings (SSSR count). The number of halogens is 1. The predicted octanol–water partition coefficient (Wildman–Crippen LogP) is 1.73. The van der Waals surface area contributed by atoms with Crippen LogP contribution in [0.2, 0.25) is 0 Å². The summed E-state index contributed by atoms with van der Waals surface area (Å²) >= 11 is 5.48. The van der Waals surface area contributed by atoms with Crippen molar-refractivity contribution < 1.29 is 9.90 Å². The van der Waals surface area contributed by atoms with E-state index in [1.54, 1.807) is 20.8 Å². The molecule has 1 atom stereocenters. The van der Waals surface area contributed by atoms with Crippen molar-refractivity contribution in [1.82, 2.24) is 9.97 Å². The summed E-state index contributed by atoms with van der Waals surface area (Å²) in [5, 5.41) is 12.0. The third-order valence-corrected chi connectivity index (χ3v) is 2.37. The molecule has 0 bridgehead atoms. The van der Waals surface area contributed by atoms with E-state index in [1.807, 2.05) is 0 Å². The fourth-order valence-corrected chi connectivity index (χ4v) is 1.12. The fourth-order valence-electron chi connectivity index (χ4n) is 0.958. The number of nitrogens with zero attached hydrogens (tertiary/aromatic N) is 2. The summed E-state index contributed by atoms with van der Waals surface area (Å²) in [6.07, 6.45) is 1.96. The van der Waals surface area contributed by atoms with Crippen molar-refractivity contribution in [2.75, 3.05) is 11.2 Å². The van der Waals surface area contributed by atoms with Gasteiger partial charge in [-0.2, -0.15) is 0 Å². The Kier molecular flexibility index (Phi) is 4.42. The first-order valence-electron chi connectivity index (χ1n) is 5.22. The van der Waals surface area contributed by atoms with E-state index in [-0.39, 0.29) is 11.8 Å². The van der Waals surface area contributed by atoms with E-state index < -0.39 is 11.5 Å². The van der Waals surface area contributed by atoms with E-state index in [2.05, 4.69) is 15.3 Å². The van der Waals surface area contributed by atoms with Gasteiger partial charge in [-0.1, -0.05) is 20.8 Å². The Hall–Kier alpha value is -1.20. The summed E-state index contributed by atoms with van der Waals surface area (Å²) in [6, 6.07) is 0. The molecule has 0 aliphatic carbocycles. The van der Waals surface area contributed by atoms with Crippen LogP contribution in [0.3, 0.4) is 0 Å². The summed E-state index contributed by atoms with van der Waals surface area (Å²) < 4.78 is 0. The lowest BCUT2D eigenvalue weighted by Crippen LogP contribution is -2.28. The molecule has 0 fully saturated rings. The molecule has 17 heavy (non-hydrogen) atoms. The van der Waals surface area contributed by atoms with Gasteiger partial charge in [-0.25, -0.2) is 4.98 Å². The Morgan fingerprint density at radius 3 is 2.53 bits per heavy atom. The zero-order chi connectivity index (χ0) is 13.1. The van der Waals surface area contributed by atoms with Gasteiger partial charge >= 0.3 is 0 Å². The molecule has 0 aliphatic rings. The van der Waals surface area contributed by atoms with E-state index in [9.17, 15) is 9.90 Å². The molecule has 0 saturated heterocycles. The van der Waals surface area contributed by atoms with Gasteiger partial charge in [0.25, 0.3) is 0 Å². The first-order chi connectivity index (χ1) is 7.84. The molecule has 1 heterocycles. The topological polar surface area (TPSA) is 75.1 Å². The van der Waals surface area contributed by atoms with Crippen molar-refractivity contribution >= 4 is 23.3 Å². The maximum Gasteiger partial charge on any atom is 0.230 e. The Labute approximate surface area is 105 Å². The highest BCUT2D eigenvalue weighted by atomic mass is 35.5. The first kappa shape index (κ1) is 13.9. The minimum absolute atomic E-state index is 0.0579. The predicted molar refractivity (Wildman–Crippen MR) is 65.8 cm³/mol. The molecule has 0 radical (unpaired) electrons. The maximum atomic E-state index is 11.7. The van der Waals surface area contributed by atoms with Gasteiger partial charge in [0.2, 0.25) is 5.91 Å². The summed E-state index contributed by atoms with van der Waals surface area (Å²) in [5.41, 5.74) is -0.107. The van der Waals surface area contributed by atoms with Crippen LogP contribution in [0, 0.1) is 5.41 Å². The largest absolute Gasteiger partial charge is 0.385 e. The quantitative estimate of drug-likeness (QED) is 0.809.